The fourth-order valence-electron chi connectivity index (χ4n) is 3.61. The number of carbonyl (C=O) groups excluding carboxylic acids is 1. The zero-order valence-electron chi connectivity index (χ0n) is 18.1. The second kappa shape index (κ2) is 9.35. The molecule has 2 heterocycles. The van der Waals surface area contributed by atoms with Crippen molar-refractivity contribution in [3.63, 3.8) is 0 Å². The minimum atomic E-state index is -0.261. The van der Waals surface area contributed by atoms with Gasteiger partial charge < -0.3 is 24.0 Å². The van der Waals surface area contributed by atoms with Crippen molar-refractivity contribution in [1.82, 2.24) is 14.9 Å². The summed E-state index contributed by atoms with van der Waals surface area (Å²) in [6, 6.07) is 10.9. The van der Waals surface area contributed by atoms with E-state index in [0.717, 1.165) is 5.69 Å². The van der Waals surface area contributed by atoms with E-state index >= 15 is 0 Å². The highest BCUT2D eigenvalue weighted by Gasteiger charge is 2.23. The normalized spacial score (nSPS) is 13.8. The van der Waals surface area contributed by atoms with E-state index in [1.165, 1.54) is 7.11 Å². The second-order valence-corrected chi connectivity index (χ2v) is 7.60. The van der Waals surface area contributed by atoms with Crippen molar-refractivity contribution in [1.29, 1.82) is 0 Å². The second-order valence-electron chi connectivity index (χ2n) is 7.16. The van der Waals surface area contributed by atoms with Crippen molar-refractivity contribution in [3.8, 4) is 17.4 Å². The van der Waals surface area contributed by atoms with Crippen LogP contribution in [0.3, 0.4) is 0 Å². The molecule has 1 aromatic heterocycles. The number of rotatable bonds is 5. The van der Waals surface area contributed by atoms with E-state index in [-0.39, 0.29) is 17.7 Å². The predicted octanol–water partition coefficient (Wildman–Crippen LogP) is 3.66. The highest BCUT2D eigenvalue weighted by molar-refractivity contribution is 6.30. The molecule has 0 aliphatic carbocycles. The molecule has 0 spiro atoms. The van der Waals surface area contributed by atoms with Crippen LogP contribution in [0, 0.1) is 0 Å². The van der Waals surface area contributed by atoms with Gasteiger partial charge in [-0.3, -0.25) is 5.32 Å². The number of benzene rings is 2. The fourth-order valence-corrected chi connectivity index (χ4v) is 3.80. The van der Waals surface area contributed by atoms with Crippen LogP contribution in [0.5, 0.6) is 17.4 Å². The molecule has 9 nitrogen and oxygen atoms in total. The van der Waals surface area contributed by atoms with Crippen LogP contribution < -0.4 is 24.4 Å². The van der Waals surface area contributed by atoms with Crippen molar-refractivity contribution >= 4 is 40.2 Å². The Balaban J connectivity index is 1.49. The fraction of sp³-hybridized carbons (Fsp3) is 0.318. The maximum Gasteiger partial charge on any atom is 0.323 e. The lowest BCUT2D eigenvalue weighted by atomic mass is 10.2. The Morgan fingerprint density at radius 1 is 0.938 bits per heavy atom. The van der Waals surface area contributed by atoms with E-state index in [1.54, 1.807) is 31.3 Å². The van der Waals surface area contributed by atoms with Crippen molar-refractivity contribution in [3.05, 3.63) is 41.4 Å². The number of amides is 2. The number of ether oxygens (including phenoxy) is 3. The van der Waals surface area contributed by atoms with E-state index < -0.39 is 0 Å². The monoisotopic (exact) mass is 457 g/mol. The molecule has 2 amide bonds. The first-order valence-electron chi connectivity index (χ1n) is 10.1. The van der Waals surface area contributed by atoms with Gasteiger partial charge in [-0.15, -0.1) is 0 Å². The molecule has 0 unspecified atom stereocenters. The lowest BCUT2D eigenvalue weighted by Gasteiger charge is -2.36. The van der Waals surface area contributed by atoms with Crippen LogP contribution in [0.1, 0.15) is 0 Å². The first-order chi connectivity index (χ1) is 15.5. The molecular weight excluding hydrogens is 434 g/mol. The Hall–Kier alpha value is -3.46. The van der Waals surface area contributed by atoms with Gasteiger partial charge in [0.2, 0.25) is 0 Å². The van der Waals surface area contributed by atoms with Gasteiger partial charge in [0, 0.05) is 49.0 Å². The molecule has 1 fully saturated rings. The summed E-state index contributed by atoms with van der Waals surface area (Å²) in [4.78, 5) is 25.8. The number of nitrogens with one attached hydrogen (secondary N) is 1. The van der Waals surface area contributed by atoms with Gasteiger partial charge in [-0.05, 0) is 18.2 Å². The first kappa shape index (κ1) is 21.8. The summed E-state index contributed by atoms with van der Waals surface area (Å²) in [6.45, 7) is 2.52. The summed E-state index contributed by atoms with van der Waals surface area (Å²) in [7, 11) is 4.58. The summed E-state index contributed by atoms with van der Waals surface area (Å²) < 4.78 is 16.0. The topological polar surface area (TPSA) is 89.1 Å². The van der Waals surface area contributed by atoms with Gasteiger partial charge >= 0.3 is 6.03 Å². The third-order valence-corrected chi connectivity index (χ3v) is 5.53. The average Bonchev–Trinajstić information content (AvgIpc) is 2.82. The third kappa shape index (κ3) is 4.43. The Morgan fingerprint density at radius 3 is 2.19 bits per heavy atom. The maximum absolute atomic E-state index is 12.9. The van der Waals surface area contributed by atoms with Crippen LogP contribution in [-0.4, -0.2) is 68.4 Å². The number of fused-ring (bicyclic) bond motifs is 1. The van der Waals surface area contributed by atoms with Crippen LogP contribution in [0.25, 0.3) is 11.0 Å². The quantitative estimate of drug-likeness (QED) is 0.625. The smallest absolute Gasteiger partial charge is 0.323 e. The maximum atomic E-state index is 12.9. The number of urea groups is 1. The molecule has 2 aromatic carbocycles. The highest BCUT2D eigenvalue weighted by Crippen LogP contribution is 2.33. The van der Waals surface area contributed by atoms with Crippen molar-refractivity contribution < 1.29 is 19.0 Å². The van der Waals surface area contributed by atoms with Gasteiger partial charge in [0.1, 0.15) is 0 Å². The van der Waals surface area contributed by atoms with Gasteiger partial charge in [-0.2, -0.15) is 0 Å². The van der Waals surface area contributed by atoms with Crippen LogP contribution in [0.15, 0.2) is 36.4 Å². The number of piperazine rings is 1. The van der Waals surface area contributed by atoms with Crippen molar-refractivity contribution in [2.75, 3.05) is 57.7 Å². The number of anilines is 2. The summed E-state index contributed by atoms with van der Waals surface area (Å²) in [5, 5.41) is 3.52. The molecule has 1 aliphatic heterocycles. The Kier molecular flexibility index (Phi) is 6.36. The molecule has 4 rings (SSSR count). The van der Waals surface area contributed by atoms with Crippen molar-refractivity contribution in [2.45, 2.75) is 0 Å². The van der Waals surface area contributed by atoms with E-state index in [4.69, 9.17) is 25.8 Å². The molecule has 32 heavy (non-hydrogen) atoms. The zero-order valence-corrected chi connectivity index (χ0v) is 18.8. The number of hydrogen-bond donors (Lipinski definition) is 1. The molecule has 1 saturated heterocycles. The minimum absolute atomic E-state index is 0.218. The number of hydrogen-bond acceptors (Lipinski definition) is 7. The number of nitrogens with zero attached hydrogens (tertiary/aromatic N) is 4. The van der Waals surface area contributed by atoms with Gasteiger partial charge in [0.05, 0.1) is 32.4 Å². The summed E-state index contributed by atoms with van der Waals surface area (Å²) in [6.07, 6.45) is 0. The first-order valence-corrected chi connectivity index (χ1v) is 10.4. The lowest BCUT2D eigenvalue weighted by Crippen LogP contribution is -2.50. The van der Waals surface area contributed by atoms with Gasteiger partial charge in [0.15, 0.2) is 17.3 Å². The Bertz CT molecular complexity index is 1130. The largest absolute Gasteiger partial charge is 0.493 e. The summed E-state index contributed by atoms with van der Waals surface area (Å²) in [5.74, 6) is 1.52. The molecule has 1 aliphatic rings. The highest BCUT2D eigenvalue weighted by atomic mass is 35.5. The molecular formula is C22H24ClN5O4. The molecule has 0 bridgehead atoms. The van der Waals surface area contributed by atoms with Crippen LogP contribution in [0.4, 0.5) is 16.3 Å². The van der Waals surface area contributed by atoms with Crippen LogP contribution in [-0.2, 0) is 0 Å². The van der Waals surface area contributed by atoms with E-state index in [0.29, 0.717) is 53.7 Å². The molecule has 168 valence electrons. The average molecular weight is 458 g/mol. The van der Waals surface area contributed by atoms with Crippen molar-refractivity contribution in [2.24, 2.45) is 0 Å². The van der Waals surface area contributed by atoms with E-state index in [2.05, 4.69) is 20.2 Å². The predicted molar refractivity (Wildman–Crippen MR) is 123 cm³/mol. The summed E-state index contributed by atoms with van der Waals surface area (Å²) in [5.41, 5.74) is 2.15. The van der Waals surface area contributed by atoms with Crippen LogP contribution >= 0.6 is 11.6 Å². The molecule has 0 atom stereocenters. The summed E-state index contributed by atoms with van der Waals surface area (Å²) >= 11 is 6.10. The minimum Gasteiger partial charge on any atom is -0.493 e. The number of halogens is 1. The van der Waals surface area contributed by atoms with E-state index in [9.17, 15) is 4.79 Å². The molecule has 3 aromatic rings. The van der Waals surface area contributed by atoms with Gasteiger partial charge in [-0.25, -0.2) is 14.8 Å². The van der Waals surface area contributed by atoms with Gasteiger partial charge in [0.25, 0.3) is 5.88 Å². The molecule has 0 radical (unpaired) electrons. The van der Waals surface area contributed by atoms with Gasteiger partial charge in [-0.1, -0.05) is 17.7 Å². The Labute approximate surface area is 190 Å². The number of carbonyl (C=O) groups is 1. The standard InChI is InChI=1S/C22H24ClN5O4/c1-30-18-12-16-17(13-19(18)31-2)25-21(32-3)20(24-16)26-22(29)28-9-7-27(8-10-28)15-6-4-5-14(23)11-15/h4-6,11-13H,7-10H2,1-3H3,(H,24,26,29). The zero-order chi connectivity index (χ0) is 22.7. The third-order valence-electron chi connectivity index (χ3n) is 5.30. The Morgan fingerprint density at radius 2 is 1.59 bits per heavy atom. The molecule has 1 N–H and O–H groups in total. The molecule has 10 heteroatoms. The van der Waals surface area contributed by atoms with E-state index in [1.807, 2.05) is 24.3 Å². The number of methoxy groups -OCH3 is 3. The SMILES string of the molecule is COc1cc2nc(NC(=O)N3CCN(c4cccc(Cl)c4)CC3)c(OC)nc2cc1OC. The molecule has 0 saturated carbocycles. The van der Waals surface area contributed by atoms with Crippen LogP contribution in [0.2, 0.25) is 5.02 Å². The lowest BCUT2D eigenvalue weighted by molar-refractivity contribution is 0.208. The number of aromatic nitrogens is 2.